The number of rotatable bonds is 5. The molecule has 2 heterocycles. The summed E-state index contributed by atoms with van der Waals surface area (Å²) >= 11 is 0. The molecule has 3 rings (SSSR count). The van der Waals surface area contributed by atoms with Crippen LogP contribution in [0.25, 0.3) is 11.0 Å². The van der Waals surface area contributed by atoms with E-state index in [1.165, 1.54) is 0 Å². The van der Waals surface area contributed by atoms with Crippen molar-refractivity contribution in [2.24, 2.45) is 0 Å². The first-order valence-electron chi connectivity index (χ1n) is 6.98. The molecule has 0 aliphatic carbocycles. The van der Waals surface area contributed by atoms with Gasteiger partial charge in [-0.3, -0.25) is 0 Å². The van der Waals surface area contributed by atoms with E-state index in [1.54, 1.807) is 7.11 Å². The van der Waals surface area contributed by atoms with Gasteiger partial charge in [0.25, 0.3) is 0 Å². The van der Waals surface area contributed by atoms with E-state index in [0.717, 1.165) is 41.3 Å². The van der Waals surface area contributed by atoms with E-state index < -0.39 is 0 Å². The molecule has 2 aromatic rings. The highest BCUT2D eigenvalue weighted by Gasteiger charge is 2.17. The number of aryl methyl sites for hydroxylation is 1. The fourth-order valence-corrected chi connectivity index (χ4v) is 2.52. The van der Waals surface area contributed by atoms with Crippen molar-refractivity contribution in [2.75, 3.05) is 20.3 Å². The molecule has 0 amide bonds. The van der Waals surface area contributed by atoms with Gasteiger partial charge < -0.3 is 18.8 Å². The Morgan fingerprint density at radius 3 is 2.81 bits per heavy atom. The summed E-state index contributed by atoms with van der Waals surface area (Å²) in [6.07, 6.45) is 1.31. The molecule has 1 aromatic carbocycles. The number of unbranched alkanes of at least 4 members (excludes halogenated alkanes) is 1. The molecular weight excluding hydrogens is 270 g/mol. The molecule has 1 aromatic heterocycles. The molecule has 0 N–H and O–H groups in total. The highest BCUT2D eigenvalue weighted by Crippen LogP contribution is 2.35. The molecule has 110 valence electrons. The van der Waals surface area contributed by atoms with Gasteiger partial charge in [-0.1, -0.05) is 0 Å². The van der Waals surface area contributed by atoms with Gasteiger partial charge in [0, 0.05) is 32.2 Å². The summed E-state index contributed by atoms with van der Waals surface area (Å²) in [7, 11) is 1.65. The second-order valence-electron chi connectivity index (χ2n) is 4.86. The molecule has 0 radical (unpaired) electrons. The summed E-state index contributed by atoms with van der Waals surface area (Å²) in [4.78, 5) is 4.61. The van der Waals surface area contributed by atoms with Gasteiger partial charge in [-0.15, -0.1) is 0 Å². The number of nitrogens with zero attached hydrogens (tertiary/aromatic N) is 3. The second kappa shape index (κ2) is 6.02. The fourth-order valence-electron chi connectivity index (χ4n) is 2.52. The Hall–Kier alpha value is -2.26. The van der Waals surface area contributed by atoms with Crippen LogP contribution in [-0.2, 0) is 17.9 Å². The molecule has 1 aliphatic heterocycles. The Labute approximate surface area is 122 Å². The highest BCUT2D eigenvalue weighted by molar-refractivity contribution is 5.80. The lowest BCUT2D eigenvalue weighted by molar-refractivity contribution is 0.172. The van der Waals surface area contributed by atoms with E-state index in [9.17, 15) is 0 Å². The third-order valence-corrected chi connectivity index (χ3v) is 3.43. The van der Waals surface area contributed by atoms with Gasteiger partial charge in [-0.25, -0.2) is 4.98 Å². The average Bonchev–Trinajstić information content (AvgIpc) is 2.83. The molecule has 0 saturated heterocycles. The third-order valence-electron chi connectivity index (χ3n) is 3.43. The maximum atomic E-state index is 8.70. The van der Waals surface area contributed by atoms with Crippen LogP contribution in [0.5, 0.6) is 11.5 Å². The van der Waals surface area contributed by atoms with Gasteiger partial charge in [0.05, 0.1) is 17.1 Å². The Bertz CT molecular complexity index is 688. The van der Waals surface area contributed by atoms with Crippen molar-refractivity contribution in [3.63, 3.8) is 0 Å². The van der Waals surface area contributed by atoms with Crippen LogP contribution in [0, 0.1) is 11.3 Å². The standard InChI is InChI=1S/C15H17N3O3/c1-19-10-15-17-11-8-13-14(21-7-6-20-13)9-12(11)18(15)5-3-2-4-16/h8-9H,2-3,5-7,10H2,1H3. The van der Waals surface area contributed by atoms with Crippen molar-refractivity contribution in [1.29, 1.82) is 5.26 Å². The van der Waals surface area contributed by atoms with Crippen LogP contribution in [0.1, 0.15) is 18.7 Å². The largest absolute Gasteiger partial charge is 0.486 e. The minimum Gasteiger partial charge on any atom is -0.486 e. The Morgan fingerprint density at radius 1 is 1.33 bits per heavy atom. The number of fused-ring (bicyclic) bond motifs is 2. The summed E-state index contributed by atoms with van der Waals surface area (Å²) in [6, 6.07) is 6.04. The first kappa shape index (κ1) is 13.7. The SMILES string of the molecule is COCc1nc2cc3c(cc2n1CCCC#N)OCCO3. The van der Waals surface area contributed by atoms with Crippen molar-refractivity contribution in [1.82, 2.24) is 9.55 Å². The Kier molecular flexibility index (Phi) is 3.93. The van der Waals surface area contributed by atoms with Gasteiger partial charge >= 0.3 is 0 Å². The molecule has 6 nitrogen and oxygen atoms in total. The zero-order chi connectivity index (χ0) is 14.7. The van der Waals surface area contributed by atoms with E-state index in [0.29, 0.717) is 26.2 Å². The monoisotopic (exact) mass is 287 g/mol. The number of aromatic nitrogens is 2. The summed E-state index contributed by atoms with van der Waals surface area (Å²) in [5.74, 6) is 2.34. The van der Waals surface area contributed by atoms with E-state index in [4.69, 9.17) is 19.5 Å². The number of methoxy groups -OCH3 is 1. The number of hydrogen-bond acceptors (Lipinski definition) is 5. The van der Waals surface area contributed by atoms with E-state index in [1.807, 2.05) is 12.1 Å². The summed E-state index contributed by atoms with van der Waals surface area (Å²) in [6.45, 7) is 2.30. The molecule has 0 spiro atoms. The quantitative estimate of drug-likeness (QED) is 0.789. The maximum Gasteiger partial charge on any atom is 0.163 e. The lowest BCUT2D eigenvalue weighted by atomic mass is 10.2. The molecule has 21 heavy (non-hydrogen) atoms. The lowest BCUT2D eigenvalue weighted by Crippen LogP contribution is -2.15. The van der Waals surface area contributed by atoms with Gasteiger partial charge in [0.2, 0.25) is 0 Å². The van der Waals surface area contributed by atoms with Crippen molar-refractivity contribution in [3.8, 4) is 17.6 Å². The van der Waals surface area contributed by atoms with E-state index >= 15 is 0 Å². The van der Waals surface area contributed by atoms with E-state index in [-0.39, 0.29) is 0 Å². The zero-order valence-corrected chi connectivity index (χ0v) is 12.0. The minimum atomic E-state index is 0.438. The predicted molar refractivity (Wildman–Crippen MR) is 76.3 cm³/mol. The van der Waals surface area contributed by atoms with Crippen LogP contribution in [0.4, 0.5) is 0 Å². The Balaban J connectivity index is 2.03. The van der Waals surface area contributed by atoms with Gasteiger partial charge in [-0.2, -0.15) is 5.26 Å². The first-order chi connectivity index (χ1) is 10.3. The van der Waals surface area contributed by atoms with Crippen LogP contribution >= 0.6 is 0 Å². The number of imidazole rings is 1. The van der Waals surface area contributed by atoms with Crippen LogP contribution in [-0.4, -0.2) is 29.9 Å². The molecule has 1 aliphatic rings. The highest BCUT2D eigenvalue weighted by atomic mass is 16.6. The van der Waals surface area contributed by atoms with E-state index in [2.05, 4.69) is 15.6 Å². The molecule has 6 heteroatoms. The summed E-state index contributed by atoms with van der Waals surface area (Å²) in [5.41, 5.74) is 1.85. The minimum absolute atomic E-state index is 0.438. The van der Waals surface area contributed by atoms with Gasteiger partial charge in [-0.05, 0) is 6.42 Å². The summed E-state index contributed by atoms with van der Waals surface area (Å²) < 4.78 is 18.5. The Morgan fingerprint density at radius 2 is 2.10 bits per heavy atom. The number of hydrogen-bond donors (Lipinski definition) is 0. The van der Waals surface area contributed by atoms with Crippen molar-refractivity contribution in [2.45, 2.75) is 26.0 Å². The lowest BCUT2D eigenvalue weighted by Gasteiger charge is -2.18. The zero-order valence-electron chi connectivity index (χ0n) is 12.0. The van der Waals surface area contributed by atoms with Crippen LogP contribution in [0.2, 0.25) is 0 Å². The number of benzene rings is 1. The molecule has 0 saturated carbocycles. The number of nitriles is 1. The van der Waals surface area contributed by atoms with Crippen LogP contribution in [0.15, 0.2) is 12.1 Å². The second-order valence-corrected chi connectivity index (χ2v) is 4.86. The summed E-state index contributed by atoms with van der Waals surface area (Å²) in [5, 5.41) is 8.70. The van der Waals surface area contributed by atoms with Crippen molar-refractivity contribution in [3.05, 3.63) is 18.0 Å². The maximum absolute atomic E-state index is 8.70. The fraction of sp³-hybridized carbons (Fsp3) is 0.467. The van der Waals surface area contributed by atoms with Gasteiger partial charge in [0.15, 0.2) is 11.5 Å². The topological polar surface area (TPSA) is 69.3 Å². The number of ether oxygens (including phenoxy) is 3. The first-order valence-corrected chi connectivity index (χ1v) is 6.98. The predicted octanol–water partition coefficient (Wildman–Crippen LogP) is 2.26. The van der Waals surface area contributed by atoms with Crippen LogP contribution < -0.4 is 9.47 Å². The molecule has 0 atom stereocenters. The molecule has 0 bridgehead atoms. The third kappa shape index (κ3) is 2.65. The average molecular weight is 287 g/mol. The molecule has 0 unspecified atom stereocenters. The van der Waals surface area contributed by atoms with Crippen molar-refractivity contribution >= 4 is 11.0 Å². The molecule has 0 fully saturated rings. The molecular formula is C15H17N3O3. The van der Waals surface area contributed by atoms with Crippen molar-refractivity contribution < 1.29 is 14.2 Å². The normalized spacial score (nSPS) is 13.3. The van der Waals surface area contributed by atoms with Crippen LogP contribution in [0.3, 0.4) is 0 Å². The van der Waals surface area contributed by atoms with Gasteiger partial charge in [0.1, 0.15) is 25.6 Å². The smallest absolute Gasteiger partial charge is 0.163 e.